The molecular weight excluding hydrogens is 251 g/mol. The predicted molar refractivity (Wildman–Crippen MR) is 29.4 cm³/mol. The van der Waals surface area contributed by atoms with Gasteiger partial charge in [0.1, 0.15) is 0 Å². The van der Waals surface area contributed by atoms with Gasteiger partial charge in [-0.2, -0.15) is 0 Å². The first-order valence-corrected chi connectivity index (χ1v) is 2.36. The van der Waals surface area contributed by atoms with Gasteiger partial charge in [0, 0.05) is 25.8 Å². The quantitative estimate of drug-likeness (QED) is 0.528. The third-order valence-electron chi connectivity index (χ3n) is 0.564. The van der Waals surface area contributed by atoms with Crippen LogP contribution in [0.5, 0.6) is 0 Å². The summed E-state index contributed by atoms with van der Waals surface area (Å²) in [5.41, 5.74) is 0. The second kappa shape index (κ2) is 9.70. The first-order valence-electron chi connectivity index (χ1n) is 2.36. The molecule has 0 unspecified atom stereocenters. The van der Waals surface area contributed by atoms with Crippen LogP contribution in [-0.4, -0.2) is 0 Å². The third-order valence-corrected chi connectivity index (χ3v) is 0.564. The van der Waals surface area contributed by atoms with Gasteiger partial charge in [-0.3, -0.25) is 0 Å². The first-order chi connectivity index (χ1) is 2.91. The molecule has 0 aromatic rings. The van der Waals surface area contributed by atoms with Gasteiger partial charge in [0.2, 0.25) is 0 Å². The Kier molecular flexibility index (Phi) is 14.5. The minimum Gasteiger partial charge on any atom is -0.233 e. The minimum atomic E-state index is 0. The van der Waals surface area contributed by atoms with E-state index >= 15 is 0 Å². The zero-order valence-electron chi connectivity index (χ0n) is 4.94. The van der Waals surface area contributed by atoms with Crippen LogP contribution in [0, 0.1) is 6.42 Å². The summed E-state index contributed by atoms with van der Waals surface area (Å²) >= 11 is 0. The van der Waals surface area contributed by atoms with Crippen LogP contribution in [0.25, 0.3) is 0 Å². The van der Waals surface area contributed by atoms with Crippen molar-refractivity contribution in [3.63, 3.8) is 0 Å². The smallest absolute Gasteiger partial charge is 0 e. The molecule has 0 aromatic carbocycles. The molecule has 0 saturated heterocycles. The van der Waals surface area contributed by atoms with E-state index in [2.05, 4.69) is 19.1 Å². The largest absolute Gasteiger partial charge is 0.233 e. The summed E-state index contributed by atoms with van der Waals surface area (Å²) in [5.74, 6) is 0. The van der Waals surface area contributed by atoms with Crippen LogP contribution in [0.2, 0.25) is 0 Å². The number of hydrogen-bond acceptors (Lipinski definition) is 0. The third kappa shape index (κ3) is 10.7. The first kappa shape index (κ1) is 10.5. The van der Waals surface area contributed by atoms with E-state index in [1.54, 1.807) is 0 Å². The van der Waals surface area contributed by atoms with Crippen molar-refractivity contribution >= 4 is 0 Å². The molecule has 0 N–H and O–H groups in total. The second-order valence-electron chi connectivity index (χ2n) is 1.17. The number of hydrogen-bond donors (Lipinski definition) is 0. The molecule has 7 heavy (non-hydrogen) atoms. The van der Waals surface area contributed by atoms with E-state index < -0.39 is 0 Å². The average molecular weight is 262 g/mol. The van der Waals surface area contributed by atoms with Crippen molar-refractivity contribution in [1.82, 2.24) is 0 Å². The normalized spacial score (nSPS) is 8.29. The van der Waals surface area contributed by atoms with Gasteiger partial charge in [-0.1, -0.05) is 6.92 Å². The van der Waals surface area contributed by atoms with Gasteiger partial charge < -0.3 is 0 Å². The molecule has 0 radical (unpaired) electrons. The molecular formula is C6H11Hf-. The Morgan fingerprint density at radius 1 is 1.57 bits per heavy atom. The van der Waals surface area contributed by atoms with Crippen molar-refractivity contribution in [2.75, 3.05) is 0 Å². The molecule has 0 rings (SSSR count). The van der Waals surface area contributed by atoms with Gasteiger partial charge in [-0.25, -0.2) is 18.6 Å². The van der Waals surface area contributed by atoms with Crippen LogP contribution < -0.4 is 0 Å². The standard InChI is InChI=1S/C6H11.Hf/c1-3-5-6-4-2;/h3,5-6H,4H2,1-2H3;/q-1;. The summed E-state index contributed by atoms with van der Waals surface area (Å²) in [6, 6.07) is 0. The molecule has 1 heteroatoms. The SMILES string of the molecule is C[CH-]C=CCC.[Hf]. The predicted octanol–water partition coefficient (Wildman–Crippen LogP) is 2.17. The fourth-order valence-electron chi connectivity index (χ4n) is 0.272. The molecule has 0 nitrogen and oxygen atoms in total. The molecule has 0 spiro atoms. The van der Waals surface area contributed by atoms with Gasteiger partial charge in [0.15, 0.2) is 0 Å². The van der Waals surface area contributed by atoms with E-state index in [0.29, 0.717) is 0 Å². The zero-order valence-corrected chi connectivity index (χ0v) is 8.53. The van der Waals surface area contributed by atoms with Crippen molar-refractivity contribution in [1.29, 1.82) is 0 Å². The fourth-order valence-corrected chi connectivity index (χ4v) is 0.272. The molecule has 0 fully saturated rings. The maximum Gasteiger partial charge on any atom is 0 e. The summed E-state index contributed by atoms with van der Waals surface area (Å²) in [6.07, 6.45) is 7.36. The number of allylic oxidation sites excluding steroid dienone is 2. The maximum atomic E-state index is 2.12. The number of rotatable bonds is 2. The molecule has 0 aliphatic rings. The topological polar surface area (TPSA) is 0 Å². The van der Waals surface area contributed by atoms with E-state index in [1.165, 1.54) is 0 Å². The van der Waals surface area contributed by atoms with Gasteiger partial charge in [-0.15, -0.1) is 13.3 Å². The van der Waals surface area contributed by atoms with Crippen LogP contribution in [0.1, 0.15) is 20.3 Å². The molecule has 0 aliphatic heterocycles. The van der Waals surface area contributed by atoms with Crippen LogP contribution in [0.4, 0.5) is 0 Å². The molecule has 0 aliphatic carbocycles. The monoisotopic (exact) mass is 263 g/mol. The molecule has 0 bridgehead atoms. The van der Waals surface area contributed by atoms with E-state index in [1.807, 2.05) is 13.3 Å². The Balaban J connectivity index is 0. The Labute approximate surface area is 64.8 Å². The Bertz CT molecular complexity index is 33.4. The zero-order chi connectivity index (χ0) is 4.83. The van der Waals surface area contributed by atoms with E-state index in [4.69, 9.17) is 0 Å². The fraction of sp³-hybridized carbons (Fsp3) is 0.500. The Morgan fingerprint density at radius 2 is 2.14 bits per heavy atom. The van der Waals surface area contributed by atoms with Gasteiger partial charge in [0.25, 0.3) is 0 Å². The van der Waals surface area contributed by atoms with Crippen molar-refractivity contribution in [3.8, 4) is 0 Å². The van der Waals surface area contributed by atoms with Crippen LogP contribution in [-0.2, 0) is 25.8 Å². The summed E-state index contributed by atoms with van der Waals surface area (Å²) in [5, 5.41) is 0. The van der Waals surface area contributed by atoms with Crippen LogP contribution in [0.3, 0.4) is 0 Å². The summed E-state index contributed by atoms with van der Waals surface area (Å²) < 4.78 is 0. The summed E-state index contributed by atoms with van der Waals surface area (Å²) in [6.45, 7) is 4.14. The summed E-state index contributed by atoms with van der Waals surface area (Å²) in [7, 11) is 0. The Hall–Kier alpha value is 0.480. The molecule has 0 saturated carbocycles. The van der Waals surface area contributed by atoms with Gasteiger partial charge >= 0.3 is 0 Å². The van der Waals surface area contributed by atoms with Crippen molar-refractivity contribution in [3.05, 3.63) is 18.6 Å². The Morgan fingerprint density at radius 3 is 2.29 bits per heavy atom. The van der Waals surface area contributed by atoms with E-state index in [0.717, 1.165) is 6.42 Å². The van der Waals surface area contributed by atoms with Crippen LogP contribution in [0.15, 0.2) is 12.2 Å². The minimum absolute atomic E-state index is 0. The van der Waals surface area contributed by atoms with E-state index in [9.17, 15) is 0 Å². The van der Waals surface area contributed by atoms with Crippen molar-refractivity contribution in [2.45, 2.75) is 20.3 Å². The van der Waals surface area contributed by atoms with Crippen LogP contribution >= 0.6 is 0 Å². The molecule has 0 amide bonds. The molecule has 0 atom stereocenters. The van der Waals surface area contributed by atoms with Crippen molar-refractivity contribution in [2.24, 2.45) is 0 Å². The van der Waals surface area contributed by atoms with E-state index in [-0.39, 0.29) is 25.8 Å². The van der Waals surface area contributed by atoms with Gasteiger partial charge in [0.05, 0.1) is 0 Å². The maximum absolute atomic E-state index is 2.12. The molecule has 0 aromatic heterocycles. The second-order valence-corrected chi connectivity index (χ2v) is 1.17. The molecule has 40 valence electrons. The molecule has 0 heterocycles. The summed E-state index contributed by atoms with van der Waals surface area (Å²) in [4.78, 5) is 0. The average Bonchev–Trinajstić information content (AvgIpc) is 1.61. The van der Waals surface area contributed by atoms with Crippen molar-refractivity contribution < 1.29 is 25.8 Å². The van der Waals surface area contributed by atoms with Gasteiger partial charge in [-0.05, 0) is 0 Å².